The molecule has 1 aliphatic rings. The minimum absolute atomic E-state index is 0.0345. The number of nitrogens with zero attached hydrogens (tertiary/aromatic N) is 1. The molecule has 1 aliphatic carbocycles. The molecule has 1 heterocycles. The number of nitrogens with one attached hydrogen (secondary N) is 1. The number of benzene rings is 1. The third-order valence-electron chi connectivity index (χ3n) is 3.31. The lowest BCUT2D eigenvalue weighted by molar-refractivity contribution is -0.122. The summed E-state index contributed by atoms with van der Waals surface area (Å²) in [5.74, 6) is 0.706. The zero-order valence-corrected chi connectivity index (χ0v) is 10.1. The van der Waals surface area contributed by atoms with Gasteiger partial charge in [-0.1, -0.05) is 0 Å². The van der Waals surface area contributed by atoms with Crippen LogP contribution >= 0.6 is 0 Å². The Bertz CT molecular complexity index is 599. The summed E-state index contributed by atoms with van der Waals surface area (Å²) in [5, 5.41) is 2.88. The highest BCUT2D eigenvalue weighted by Crippen LogP contribution is 2.27. The van der Waals surface area contributed by atoms with Crippen molar-refractivity contribution in [1.82, 2.24) is 4.98 Å². The average molecular weight is 245 g/mol. The lowest BCUT2D eigenvalue weighted by Crippen LogP contribution is -2.42. The summed E-state index contributed by atoms with van der Waals surface area (Å²) in [6.45, 7) is 1.80. The molecule has 0 aliphatic heterocycles. The van der Waals surface area contributed by atoms with Gasteiger partial charge in [0, 0.05) is 30.6 Å². The molecular weight excluding hydrogens is 230 g/mol. The second-order valence-corrected chi connectivity index (χ2v) is 4.83. The van der Waals surface area contributed by atoms with Crippen molar-refractivity contribution in [3.05, 3.63) is 24.1 Å². The van der Waals surface area contributed by atoms with Gasteiger partial charge in [0.05, 0.1) is 0 Å². The fourth-order valence-electron chi connectivity index (χ4n) is 2.24. The van der Waals surface area contributed by atoms with Crippen LogP contribution in [0.4, 0.5) is 5.69 Å². The molecule has 18 heavy (non-hydrogen) atoms. The number of amides is 1. The molecule has 1 aromatic heterocycles. The van der Waals surface area contributed by atoms with Gasteiger partial charge in [0.15, 0.2) is 11.5 Å². The highest BCUT2D eigenvalue weighted by molar-refractivity contribution is 5.94. The highest BCUT2D eigenvalue weighted by Gasteiger charge is 2.31. The highest BCUT2D eigenvalue weighted by atomic mass is 16.3. The van der Waals surface area contributed by atoms with Crippen molar-refractivity contribution < 1.29 is 9.21 Å². The van der Waals surface area contributed by atoms with Crippen molar-refractivity contribution in [2.24, 2.45) is 11.7 Å². The Kier molecular flexibility index (Phi) is 2.56. The van der Waals surface area contributed by atoms with E-state index in [1.54, 1.807) is 13.0 Å². The maximum absolute atomic E-state index is 11.9. The first-order valence-electron chi connectivity index (χ1n) is 6.05. The molecule has 94 valence electrons. The van der Waals surface area contributed by atoms with E-state index in [0.717, 1.165) is 24.0 Å². The first-order valence-corrected chi connectivity index (χ1v) is 6.05. The summed E-state index contributed by atoms with van der Waals surface area (Å²) in [5.41, 5.74) is 7.91. The lowest BCUT2D eigenvalue weighted by atomic mass is 9.80. The number of aromatic nitrogens is 1. The Hall–Kier alpha value is -1.88. The number of hydrogen-bond acceptors (Lipinski definition) is 4. The molecule has 1 fully saturated rings. The van der Waals surface area contributed by atoms with Gasteiger partial charge >= 0.3 is 0 Å². The molecular formula is C13H15N3O2. The van der Waals surface area contributed by atoms with Crippen LogP contribution < -0.4 is 11.1 Å². The van der Waals surface area contributed by atoms with E-state index in [4.69, 9.17) is 10.2 Å². The lowest BCUT2D eigenvalue weighted by Gasteiger charge is -2.30. The normalized spacial score (nSPS) is 22.8. The second kappa shape index (κ2) is 4.10. The number of nitrogens with two attached hydrogens (primary N) is 1. The van der Waals surface area contributed by atoms with Crippen LogP contribution in [0, 0.1) is 12.8 Å². The number of anilines is 1. The summed E-state index contributed by atoms with van der Waals surface area (Å²) in [4.78, 5) is 16.1. The molecule has 2 aromatic rings. The first-order chi connectivity index (χ1) is 8.61. The van der Waals surface area contributed by atoms with Crippen molar-refractivity contribution in [2.45, 2.75) is 25.8 Å². The van der Waals surface area contributed by atoms with Gasteiger partial charge in [-0.25, -0.2) is 4.98 Å². The predicted octanol–water partition coefficient (Wildman–Crippen LogP) is 1.81. The van der Waals surface area contributed by atoms with E-state index in [1.165, 1.54) is 0 Å². The molecule has 0 saturated heterocycles. The molecule has 5 nitrogen and oxygen atoms in total. The van der Waals surface area contributed by atoms with E-state index in [9.17, 15) is 4.79 Å². The topological polar surface area (TPSA) is 81.2 Å². The predicted molar refractivity (Wildman–Crippen MR) is 68.1 cm³/mol. The van der Waals surface area contributed by atoms with E-state index in [1.807, 2.05) is 12.1 Å². The van der Waals surface area contributed by atoms with Crippen molar-refractivity contribution in [2.75, 3.05) is 5.32 Å². The van der Waals surface area contributed by atoms with Crippen LogP contribution in [0.1, 0.15) is 18.7 Å². The summed E-state index contributed by atoms with van der Waals surface area (Å²) >= 11 is 0. The average Bonchev–Trinajstić information content (AvgIpc) is 2.64. The number of carbonyl (C=O) groups excluding carboxylic acids is 1. The van der Waals surface area contributed by atoms with Crippen molar-refractivity contribution in [1.29, 1.82) is 0 Å². The molecule has 1 aromatic carbocycles. The SMILES string of the molecule is Cc1nc2ccc(NC(=O)C3CC(N)C3)cc2o1. The Labute approximate surface area is 104 Å². The largest absolute Gasteiger partial charge is 0.441 e. The third-order valence-corrected chi connectivity index (χ3v) is 3.31. The van der Waals surface area contributed by atoms with E-state index in [2.05, 4.69) is 10.3 Å². The van der Waals surface area contributed by atoms with Crippen molar-refractivity contribution in [3.8, 4) is 0 Å². The van der Waals surface area contributed by atoms with Gasteiger partial charge in [0.1, 0.15) is 5.52 Å². The summed E-state index contributed by atoms with van der Waals surface area (Å²) in [6.07, 6.45) is 1.55. The molecule has 0 radical (unpaired) electrons. The Morgan fingerprint density at radius 3 is 3.00 bits per heavy atom. The molecule has 1 amide bonds. The zero-order valence-electron chi connectivity index (χ0n) is 10.1. The van der Waals surface area contributed by atoms with Crippen LogP contribution in [-0.2, 0) is 4.79 Å². The zero-order chi connectivity index (χ0) is 12.7. The summed E-state index contributed by atoms with van der Waals surface area (Å²) in [6, 6.07) is 5.65. The van der Waals surface area contributed by atoms with Gasteiger partial charge in [-0.2, -0.15) is 0 Å². The van der Waals surface area contributed by atoms with Crippen LogP contribution in [0.3, 0.4) is 0 Å². The van der Waals surface area contributed by atoms with Crippen LogP contribution in [0.15, 0.2) is 22.6 Å². The monoisotopic (exact) mass is 245 g/mol. The first kappa shape index (κ1) is 11.2. The number of aryl methyl sites for hydroxylation is 1. The number of oxazole rings is 1. The molecule has 1 saturated carbocycles. The van der Waals surface area contributed by atoms with E-state index < -0.39 is 0 Å². The smallest absolute Gasteiger partial charge is 0.227 e. The Morgan fingerprint density at radius 2 is 2.28 bits per heavy atom. The summed E-state index contributed by atoms with van der Waals surface area (Å²) in [7, 11) is 0. The standard InChI is InChI=1S/C13H15N3O2/c1-7-15-11-3-2-10(6-12(11)18-7)16-13(17)8-4-9(14)5-8/h2-3,6,8-9H,4-5,14H2,1H3,(H,16,17). The molecule has 3 rings (SSSR count). The minimum Gasteiger partial charge on any atom is -0.441 e. The molecule has 0 spiro atoms. The minimum atomic E-state index is 0.0345. The molecule has 0 unspecified atom stereocenters. The van der Waals surface area contributed by atoms with E-state index in [0.29, 0.717) is 11.5 Å². The third kappa shape index (κ3) is 1.97. The second-order valence-electron chi connectivity index (χ2n) is 4.83. The van der Waals surface area contributed by atoms with Crippen LogP contribution in [0.25, 0.3) is 11.1 Å². The number of carbonyl (C=O) groups is 1. The number of rotatable bonds is 2. The molecule has 0 bridgehead atoms. The Morgan fingerprint density at radius 1 is 1.50 bits per heavy atom. The number of fused-ring (bicyclic) bond motifs is 1. The Balaban J connectivity index is 1.76. The fourth-order valence-corrected chi connectivity index (χ4v) is 2.24. The van der Waals surface area contributed by atoms with Crippen molar-refractivity contribution >= 4 is 22.7 Å². The van der Waals surface area contributed by atoms with Gasteiger partial charge in [-0.3, -0.25) is 4.79 Å². The number of hydrogen-bond donors (Lipinski definition) is 2. The van der Waals surface area contributed by atoms with Gasteiger partial charge in [-0.05, 0) is 25.0 Å². The van der Waals surface area contributed by atoms with Gasteiger partial charge in [0.25, 0.3) is 0 Å². The molecule has 0 atom stereocenters. The van der Waals surface area contributed by atoms with Crippen LogP contribution in [0.5, 0.6) is 0 Å². The van der Waals surface area contributed by atoms with Crippen LogP contribution in [-0.4, -0.2) is 16.9 Å². The summed E-state index contributed by atoms with van der Waals surface area (Å²) < 4.78 is 5.43. The maximum Gasteiger partial charge on any atom is 0.227 e. The van der Waals surface area contributed by atoms with Gasteiger partial charge in [-0.15, -0.1) is 0 Å². The quantitative estimate of drug-likeness (QED) is 0.845. The molecule has 5 heteroatoms. The van der Waals surface area contributed by atoms with E-state index >= 15 is 0 Å². The molecule has 3 N–H and O–H groups in total. The fraction of sp³-hybridized carbons (Fsp3) is 0.385. The van der Waals surface area contributed by atoms with E-state index in [-0.39, 0.29) is 17.9 Å². The van der Waals surface area contributed by atoms with Gasteiger partial charge < -0.3 is 15.5 Å². The maximum atomic E-state index is 11.9. The van der Waals surface area contributed by atoms with Gasteiger partial charge in [0.2, 0.25) is 5.91 Å². The van der Waals surface area contributed by atoms with Crippen LogP contribution in [0.2, 0.25) is 0 Å². The van der Waals surface area contributed by atoms with Crippen molar-refractivity contribution in [3.63, 3.8) is 0 Å².